The van der Waals surface area contributed by atoms with Crippen molar-refractivity contribution in [1.29, 1.82) is 0 Å². The molecule has 0 radical (unpaired) electrons. The van der Waals surface area contributed by atoms with Gasteiger partial charge in [0.05, 0.1) is 17.4 Å². The molecule has 0 bridgehead atoms. The SMILES string of the molecule is CC1CCC(CNc2ncc(N)cc2C(N)=O)C1. The summed E-state index contributed by atoms with van der Waals surface area (Å²) in [7, 11) is 0. The van der Waals surface area contributed by atoms with E-state index in [2.05, 4.69) is 17.2 Å². The van der Waals surface area contributed by atoms with E-state index in [0.717, 1.165) is 12.5 Å². The van der Waals surface area contributed by atoms with Crippen LogP contribution < -0.4 is 16.8 Å². The second kappa shape index (κ2) is 5.25. The Morgan fingerprint density at radius 1 is 1.56 bits per heavy atom. The second-order valence-electron chi connectivity index (χ2n) is 5.19. The maximum absolute atomic E-state index is 11.3. The quantitative estimate of drug-likeness (QED) is 0.754. The molecule has 2 atom stereocenters. The number of nitrogens with zero attached hydrogens (tertiary/aromatic N) is 1. The maximum atomic E-state index is 11.3. The van der Waals surface area contributed by atoms with Gasteiger partial charge in [0, 0.05) is 6.54 Å². The van der Waals surface area contributed by atoms with E-state index in [9.17, 15) is 4.79 Å². The molecule has 1 amide bonds. The van der Waals surface area contributed by atoms with E-state index >= 15 is 0 Å². The smallest absolute Gasteiger partial charge is 0.252 e. The number of primary amides is 1. The fourth-order valence-electron chi connectivity index (χ4n) is 2.56. The highest BCUT2D eigenvalue weighted by Gasteiger charge is 2.21. The first-order chi connectivity index (χ1) is 8.56. The summed E-state index contributed by atoms with van der Waals surface area (Å²) < 4.78 is 0. The van der Waals surface area contributed by atoms with E-state index in [1.807, 2.05) is 0 Å². The van der Waals surface area contributed by atoms with Crippen molar-refractivity contribution >= 4 is 17.4 Å². The Labute approximate surface area is 107 Å². The zero-order chi connectivity index (χ0) is 13.1. The number of aromatic nitrogens is 1. The Hall–Kier alpha value is -1.78. The second-order valence-corrected chi connectivity index (χ2v) is 5.19. The number of nitrogens with one attached hydrogen (secondary N) is 1. The van der Waals surface area contributed by atoms with Gasteiger partial charge in [-0.15, -0.1) is 0 Å². The van der Waals surface area contributed by atoms with Crippen LogP contribution in [-0.4, -0.2) is 17.4 Å². The zero-order valence-electron chi connectivity index (χ0n) is 10.6. The van der Waals surface area contributed by atoms with E-state index in [1.54, 1.807) is 6.07 Å². The Bertz CT molecular complexity index is 447. The third kappa shape index (κ3) is 2.91. The summed E-state index contributed by atoms with van der Waals surface area (Å²) in [4.78, 5) is 15.5. The number of carbonyl (C=O) groups excluding carboxylic acids is 1. The molecule has 1 heterocycles. The molecule has 5 heteroatoms. The molecule has 5 N–H and O–H groups in total. The van der Waals surface area contributed by atoms with E-state index in [0.29, 0.717) is 23.0 Å². The molecule has 1 fully saturated rings. The number of nitrogen functional groups attached to an aromatic ring is 1. The third-order valence-corrected chi connectivity index (χ3v) is 3.54. The lowest BCUT2D eigenvalue weighted by Gasteiger charge is -2.13. The van der Waals surface area contributed by atoms with Crippen molar-refractivity contribution in [3.05, 3.63) is 17.8 Å². The first-order valence-electron chi connectivity index (χ1n) is 6.35. The summed E-state index contributed by atoms with van der Waals surface area (Å²) in [5, 5.41) is 3.22. The highest BCUT2D eigenvalue weighted by molar-refractivity contribution is 5.98. The third-order valence-electron chi connectivity index (χ3n) is 3.54. The Balaban J connectivity index is 2.02. The summed E-state index contributed by atoms with van der Waals surface area (Å²) in [6, 6.07) is 1.56. The van der Waals surface area contributed by atoms with E-state index in [-0.39, 0.29) is 0 Å². The number of hydrogen-bond acceptors (Lipinski definition) is 4. The van der Waals surface area contributed by atoms with Gasteiger partial charge in [-0.1, -0.05) is 13.3 Å². The molecular weight excluding hydrogens is 228 g/mol. The highest BCUT2D eigenvalue weighted by atomic mass is 16.1. The average Bonchev–Trinajstić information content (AvgIpc) is 2.73. The topological polar surface area (TPSA) is 94.0 Å². The van der Waals surface area contributed by atoms with Crippen LogP contribution in [0.5, 0.6) is 0 Å². The number of amides is 1. The van der Waals surface area contributed by atoms with E-state index in [1.165, 1.54) is 25.5 Å². The molecule has 5 nitrogen and oxygen atoms in total. The average molecular weight is 248 g/mol. The Kier molecular flexibility index (Phi) is 3.69. The zero-order valence-corrected chi connectivity index (χ0v) is 10.6. The summed E-state index contributed by atoms with van der Waals surface area (Å²) in [6.45, 7) is 3.11. The molecule has 0 saturated heterocycles. The van der Waals surface area contributed by atoms with Crippen molar-refractivity contribution in [2.24, 2.45) is 17.6 Å². The minimum Gasteiger partial charge on any atom is -0.397 e. The highest BCUT2D eigenvalue weighted by Crippen LogP contribution is 2.30. The van der Waals surface area contributed by atoms with E-state index in [4.69, 9.17) is 11.5 Å². The van der Waals surface area contributed by atoms with Crippen LogP contribution in [-0.2, 0) is 0 Å². The first-order valence-corrected chi connectivity index (χ1v) is 6.35. The number of hydrogen-bond donors (Lipinski definition) is 3. The summed E-state index contributed by atoms with van der Waals surface area (Å²) in [6.07, 6.45) is 5.28. The summed E-state index contributed by atoms with van der Waals surface area (Å²) in [5.41, 5.74) is 11.7. The molecule has 1 saturated carbocycles. The lowest BCUT2D eigenvalue weighted by Crippen LogP contribution is -2.19. The number of nitrogens with two attached hydrogens (primary N) is 2. The Morgan fingerprint density at radius 2 is 2.33 bits per heavy atom. The minimum absolute atomic E-state index is 0.362. The van der Waals surface area contributed by atoms with Crippen molar-refractivity contribution < 1.29 is 4.79 Å². The van der Waals surface area contributed by atoms with Crippen LogP contribution >= 0.6 is 0 Å². The lowest BCUT2D eigenvalue weighted by molar-refractivity contribution is 0.100. The first kappa shape index (κ1) is 12.7. The normalized spacial score (nSPS) is 22.9. The summed E-state index contributed by atoms with van der Waals surface area (Å²) in [5.74, 6) is 1.49. The molecule has 2 unspecified atom stereocenters. The number of pyridine rings is 1. The number of anilines is 2. The van der Waals surface area contributed by atoms with Crippen molar-refractivity contribution in [3.63, 3.8) is 0 Å². The van der Waals surface area contributed by atoms with E-state index < -0.39 is 5.91 Å². The van der Waals surface area contributed by atoms with Crippen LogP contribution in [0.4, 0.5) is 11.5 Å². The van der Waals surface area contributed by atoms with Crippen molar-refractivity contribution in [1.82, 2.24) is 4.98 Å². The van der Waals surface area contributed by atoms with Gasteiger partial charge in [-0.3, -0.25) is 4.79 Å². The van der Waals surface area contributed by atoms with Gasteiger partial charge in [-0.05, 0) is 30.7 Å². The van der Waals surface area contributed by atoms with Crippen LogP contribution in [0.2, 0.25) is 0 Å². The molecule has 0 spiro atoms. The predicted octanol–water partition coefficient (Wildman–Crippen LogP) is 1.61. The van der Waals surface area contributed by atoms with Gasteiger partial charge in [-0.25, -0.2) is 4.98 Å². The lowest BCUT2D eigenvalue weighted by atomic mass is 10.1. The number of rotatable bonds is 4. The molecular formula is C13H20N4O. The molecule has 98 valence electrons. The predicted molar refractivity (Wildman–Crippen MR) is 72.2 cm³/mol. The van der Waals surface area contributed by atoms with Crippen LogP contribution in [0.15, 0.2) is 12.3 Å². The van der Waals surface area contributed by atoms with Crippen LogP contribution in [0.1, 0.15) is 36.5 Å². The van der Waals surface area contributed by atoms with Crippen LogP contribution in [0, 0.1) is 11.8 Å². The monoisotopic (exact) mass is 248 g/mol. The van der Waals surface area contributed by atoms with Gasteiger partial charge in [0.1, 0.15) is 5.82 Å². The number of carbonyl (C=O) groups is 1. The van der Waals surface area contributed by atoms with Gasteiger partial charge in [0.2, 0.25) is 0 Å². The molecule has 0 aliphatic heterocycles. The van der Waals surface area contributed by atoms with Crippen molar-refractivity contribution in [2.75, 3.05) is 17.6 Å². The molecule has 0 aromatic carbocycles. The molecule has 1 aliphatic rings. The minimum atomic E-state index is -0.503. The summed E-state index contributed by atoms with van der Waals surface area (Å²) >= 11 is 0. The van der Waals surface area contributed by atoms with Gasteiger partial charge in [0.25, 0.3) is 5.91 Å². The van der Waals surface area contributed by atoms with Gasteiger partial charge in [-0.2, -0.15) is 0 Å². The maximum Gasteiger partial charge on any atom is 0.252 e. The van der Waals surface area contributed by atoms with Crippen LogP contribution in [0.3, 0.4) is 0 Å². The molecule has 1 aromatic heterocycles. The molecule has 1 aliphatic carbocycles. The molecule has 18 heavy (non-hydrogen) atoms. The van der Waals surface area contributed by atoms with Crippen molar-refractivity contribution in [2.45, 2.75) is 26.2 Å². The largest absolute Gasteiger partial charge is 0.397 e. The standard InChI is InChI=1S/C13H20N4O/c1-8-2-3-9(4-8)6-16-13-11(12(15)18)5-10(14)7-17-13/h5,7-9H,2-4,6,14H2,1H3,(H2,15,18)(H,16,17). The fourth-order valence-corrected chi connectivity index (χ4v) is 2.56. The van der Waals surface area contributed by atoms with Crippen LogP contribution in [0.25, 0.3) is 0 Å². The Morgan fingerprint density at radius 3 is 2.94 bits per heavy atom. The van der Waals surface area contributed by atoms with Gasteiger partial charge >= 0.3 is 0 Å². The van der Waals surface area contributed by atoms with Gasteiger partial charge < -0.3 is 16.8 Å². The van der Waals surface area contributed by atoms with Gasteiger partial charge in [0.15, 0.2) is 0 Å². The molecule has 2 rings (SSSR count). The molecule has 1 aromatic rings. The fraction of sp³-hybridized carbons (Fsp3) is 0.538. The van der Waals surface area contributed by atoms with Crippen molar-refractivity contribution in [3.8, 4) is 0 Å².